The van der Waals surface area contributed by atoms with Crippen LogP contribution in [0.15, 0.2) is 23.6 Å². The largest absolute Gasteiger partial charge is 0.486 e. The van der Waals surface area contributed by atoms with Gasteiger partial charge in [-0.3, -0.25) is 0 Å². The molecule has 0 fully saturated rings. The van der Waals surface area contributed by atoms with Crippen LogP contribution in [0.5, 0.6) is 5.75 Å². The smallest absolute Gasteiger partial charge is 0.140 e. The van der Waals surface area contributed by atoms with Crippen molar-refractivity contribution < 1.29 is 9.84 Å². The summed E-state index contributed by atoms with van der Waals surface area (Å²) in [6.45, 7) is 4.76. The molecule has 0 atom stereocenters. The number of thiazole rings is 1. The molecule has 18 heavy (non-hydrogen) atoms. The highest BCUT2D eigenvalue weighted by Crippen LogP contribution is 2.22. The van der Waals surface area contributed by atoms with Crippen molar-refractivity contribution in [2.24, 2.45) is 0 Å². The Bertz CT molecular complexity index is 522. The second-order valence-electron chi connectivity index (χ2n) is 4.19. The highest BCUT2D eigenvalue weighted by molar-refractivity contribution is 7.09. The van der Waals surface area contributed by atoms with Crippen molar-refractivity contribution in [2.45, 2.75) is 26.9 Å². The van der Waals surface area contributed by atoms with Gasteiger partial charge in [0.15, 0.2) is 0 Å². The zero-order valence-electron chi connectivity index (χ0n) is 10.6. The molecule has 0 unspecified atom stereocenters. The zero-order chi connectivity index (χ0) is 13.0. The van der Waals surface area contributed by atoms with Crippen molar-refractivity contribution in [3.8, 4) is 5.75 Å². The minimum absolute atomic E-state index is 0.140. The monoisotopic (exact) mass is 263 g/mol. The number of aromatic nitrogens is 1. The predicted molar refractivity (Wildman–Crippen MR) is 73.2 cm³/mol. The Labute approximate surface area is 111 Å². The maximum atomic E-state index is 8.84. The summed E-state index contributed by atoms with van der Waals surface area (Å²) < 4.78 is 5.78. The van der Waals surface area contributed by atoms with E-state index in [1.54, 1.807) is 11.3 Å². The predicted octanol–water partition coefficient (Wildman–Crippen LogP) is 2.87. The van der Waals surface area contributed by atoms with Crippen LogP contribution in [-0.2, 0) is 13.0 Å². The van der Waals surface area contributed by atoms with Crippen LogP contribution in [0.2, 0.25) is 0 Å². The summed E-state index contributed by atoms with van der Waals surface area (Å²) in [5.41, 5.74) is 3.33. The quantitative estimate of drug-likeness (QED) is 0.902. The summed E-state index contributed by atoms with van der Waals surface area (Å²) in [6.07, 6.45) is 0.611. The van der Waals surface area contributed by atoms with Gasteiger partial charge in [-0.05, 0) is 31.0 Å². The van der Waals surface area contributed by atoms with Crippen LogP contribution in [0.3, 0.4) is 0 Å². The van der Waals surface area contributed by atoms with E-state index in [2.05, 4.69) is 24.9 Å². The molecule has 0 radical (unpaired) electrons. The van der Waals surface area contributed by atoms with E-state index >= 15 is 0 Å². The van der Waals surface area contributed by atoms with Crippen LogP contribution in [0.1, 0.15) is 21.8 Å². The fourth-order valence-electron chi connectivity index (χ4n) is 1.66. The third-order valence-corrected chi connectivity index (χ3v) is 3.74. The molecule has 1 aromatic carbocycles. The zero-order valence-corrected chi connectivity index (χ0v) is 11.5. The van der Waals surface area contributed by atoms with Gasteiger partial charge in [-0.1, -0.05) is 12.1 Å². The Morgan fingerprint density at radius 3 is 2.94 bits per heavy atom. The van der Waals surface area contributed by atoms with Gasteiger partial charge in [0.05, 0.1) is 5.69 Å². The minimum Gasteiger partial charge on any atom is -0.486 e. The molecule has 0 aliphatic carbocycles. The Morgan fingerprint density at radius 2 is 2.17 bits per heavy atom. The van der Waals surface area contributed by atoms with Crippen molar-refractivity contribution in [1.82, 2.24) is 4.98 Å². The lowest BCUT2D eigenvalue weighted by molar-refractivity contribution is 0.295. The molecular formula is C14H17NO2S. The molecule has 0 aliphatic heterocycles. The summed E-state index contributed by atoms with van der Waals surface area (Å²) in [5, 5.41) is 11.8. The third-order valence-electron chi connectivity index (χ3n) is 2.87. The average Bonchev–Trinajstić information content (AvgIpc) is 2.79. The molecule has 0 saturated carbocycles. The van der Waals surface area contributed by atoms with Crippen LogP contribution in [-0.4, -0.2) is 16.7 Å². The molecule has 2 aromatic rings. The first-order valence-electron chi connectivity index (χ1n) is 5.94. The SMILES string of the molecule is Cc1cccc(OCc2nc(CCO)cs2)c1C. The fraction of sp³-hybridized carbons (Fsp3) is 0.357. The highest BCUT2D eigenvalue weighted by Gasteiger charge is 2.05. The molecule has 0 bridgehead atoms. The Hall–Kier alpha value is -1.39. The van der Waals surface area contributed by atoms with E-state index < -0.39 is 0 Å². The summed E-state index contributed by atoms with van der Waals surface area (Å²) in [5.74, 6) is 0.911. The van der Waals surface area contributed by atoms with Crippen molar-refractivity contribution in [1.29, 1.82) is 0 Å². The Kier molecular flexibility index (Phi) is 4.33. The topological polar surface area (TPSA) is 42.4 Å². The first kappa shape index (κ1) is 13.1. The van der Waals surface area contributed by atoms with Crippen LogP contribution in [0.4, 0.5) is 0 Å². The number of hydrogen-bond acceptors (Lipinski definition) is 4. The molecule has 1 aromatic heterocycles. The van der Waals surface area contributed by atoms with E-state index in [1.807, 2.05) is 17.5 Å². The molecule has 96 valence electrons. The fourth-order valence-corrected chi connectivity index (χ4v) is 2.40. The molecule has 1 heterocycles. The van der Waals surface area contributed by atoms with E-state index in [9.17, 15) is 0 Å². The van der Waals surface area contributed by atoms with Crippen LogP contribution < -0.4 is 4.74 Å². The van der Waals surface area contributed by atoms with Gasteiger partial charge in [-0.15, -0.1) is 11.3 Å². The second-order valence-corrected chi connectivity index (χ2v) is 5.14. The number of hydrogen-bond donors (Lipinski definition) is 1. The lowest BCUT2D eigenvalue weighted by Crippen LogP contribution is -1.98. The van der Waals surface area contributed by atoms with Crippen LogP contribution in [0, 0.1) is 13.8 Å². The lowest BCUT2D eigenvalue weighted by Gasteiger charge is -2.09. The number of aliphatic hydroxyl groups is 1. The van der Waals surface area contributed by atoms with Gasteiger partial charge in [0.25, 0.3) is 0 Å². The van der Waals surface area contributed by atoms with Crippen LogP contribution >= 0.6 is 11.3 Å². The van der Waals surface area contributed by atoms with Gasteiger partial charge < -0.3 is 9.84 Å². The number of nitrogens with zero attached hydrogens (tertiary/aromatic N) is 1. The van der Waals surface area contributed by atoms with Gasteiger partial charge in [0.2, 0.25) is 0 Å². The van der Waals surface area contributed by atoms with Crippen molar-refractivity contribution >= 4 is 11.3 Å². The number of rotatable bonds is 5. The van der Waals surface area contributed by atoms with E-state index in [0.717, 1.165) is 16.5 Å². The molecule has 4 heteroatoms. The summed E-state index contributed by atoms with van der Waals surface area (Å²) in [7, 11) is 0. The number of aryl methyl sites for hydroxylation is 1. The number of aliphatic hydroxyl groups excluding tert-OH is 1. The molecule has 2 rings (SSSR count). The third kappa shape index (κ3) is 3.09. The maximum absolute atomic E-state index is 8.84. The second kappa shape index (κ2) is 5.98. The standard InChI is InChI=1S/C14H17NO2S/c1-10-4-3-5-13(11(10)2)17-8-14-15-12(6-7-16)9-18-14/h3-5,9,16H,6-8H2,1-2H3. The van der Waals surface area contributed by atoms with E-state index in [4.69, 9.17) is 9.84 Å². The summed E-state index contributed by atoms with van der Waals surface area (Å²) in [6, 6.07) is 6.05. The number of benzene rings is 1. The molecule has 0 aliphatic rings. The van der Waals surface area contributed by atoms with Crippen LogP contribution in [0.25, 0.3) is 0 Å². The van der Waals surface area contributed by atoms with E-state index in [-0.39, 0.29) is 6.61 Å². The Balaban J connectivity index is 2.00. The summed E-state index contributed by atoms with van der Waals surface area (Å²) in [4.78, 5) is 4.40. The summed E-state index contributed by atoms with van der Waals surface area (Å²) >= 11 is 1.57. The molecule has 0 amide bonds. The molecule has 0 spiro atoms. The van der Waals surface area contributed by atoms with Crippen molar-refractivity contribution in [3.05, 3.63) is 45.4 Å². The van der Waals surface area contributed by atoms with Crippen molar-refractivity contribution in [2.75, 3.05) is 6.61 Å². The van der Waals surface area contributed by atoms with Crippen molar-refractivity contribution in [3.63, 3.8) is 0 Å². The minimum atomic E-state index is 0.140. The molecule has 3 nitrogen and oxygen atoms in total. The lowest BCUT2D eigenvalue weighted by atomic mass is 10.1. The molecule has 0 saturated heterocycles. The van der Waals surface area contributed by atoms with Gasteiger partial charge in [0.1, 0.15) is 17.4 Å². The Morgan fingerprint density at radius 1 is 1.33 bits per heavy atom. The first-order valence-corrected chi connectivity index (χ1v) is 6.82. The van der Waals surface area contributed by atoms with Gasteiger partial charge in [0, 0.05) is 18.4 Å². The van der Waals surface area contributed by atoms with E-state index in [0.29, 0.717) is 13.0 Å². The maximum Gasteiger partial charge on any atom is 0.140 e. The average molecular weight is 263 g/mol. The highest BCUT2D eigenvalue weighted by atomic mass is 32.1. The normalized spacial score (nSPS) is 10.6. The molecule has 1 N–H and O–H groups in total. The molecular weight excluding hydrogens is 246 g/mol. The first-order chi connectivity index (χ1) is 8.70. The van der Waals surface area contributed by atoms with Gasteiger partial charge in [-0.25, -0.2) is 4.98 Å². The number of ether oxygens (including phenoxy) is 1. The van der Waals surface area contributed by atoms with E-state index in [1.165, 1.54) is 11.1 Å². The van der Waals surface area contributed by atoms with Gasteiger partial charge in [-0.2, -0.15) is 0 Å². The van der Waals surface area contributed by atoms with Gasteiger partial charge >= 0.3 is 0 Å².